The number of hydrogen-bond donors (Lipinski definition) is 2. The quantitative estimate of drug-likeness (QED) is 0.884. The third-order valence-electron chi connectivity index (χ3n) is 4.19. The van der Waals surface area contributed by atoms with Gasteiger partial charge in [-0.15, -0.1) is 0 Å². The molecule has 5 heteroatoms. The lowest BCUT2D eigenvalue weighted by Gasteiger charge is -2.27. The minimum atomic E-state index is -0.0705. The number of hydrogen-bond acceptors (Lipinski definition) is 4. The van der Waals surface area contributed by atoms with Crippen LogP contribution in [0.3, 0.4) is 0 Å². The van der Waals surface area contributed by atoms with Gasteiger partial charge in [0.25, 0.3) is 5.91 Å². The largest absolute Gasteiger partial charge is 0.493 e. The molecule has 0 aliphatic carbocycles. The molecule has 0 radical (unpaired) electrons. The summed E-state index contributed by atoms with van der Waals surface area (Å²) in [6.07, 6.45) is 0.891. The van der Waals surface area contributed by atoms with Gasteiger partial charge in [-0.1, -0.05) is 24.3 Å². The molecule has 0 saturated heterocycles. The second-order valence-electron chi connectivity index (χ2n) is 5.82. The number of fused-ring (bicyclic) bond motifs is 1. The summed E-state index contributed by atoms with van der Waals surface area (Å²) in [5.74, 6) is 1.56. The molecule has 1 aliphatic heterocycles. The fourth-order valence-corrected chi connectivity index (χ4v) is 2.92. The zero-order valence-electron chi connectivity index (χ0n) is 14.0. The van der Waals surface area contributed by atoms with Crippen molar-refractivity contribution < 1.29 is 14.3 Å². The number of carbonyl (C=O) groups is 1. The van der Waals surface area contributed by atoms with Crippen molar-refractivity contribution in [2.24, 2.45) is 0 Å². The van der Waals surface area contributed by atoms with Gasteiger partial charge in [0.1, 0.15) is 6.61 Å². The molecule has 2 N–H and O–H groups in total. The number of carbonyl (C=O) groups excluding carboxylic acids is 1. The Morgan fingerprint density at radius 2 is 2.12 bits per heavy atom. The molecule has 1 atom stereocenters. The number of para-hydroxylation sites is 1. The Bertz CT molecular complexity index is 730. The Morgan fingerprint density at radius 1 is 1.29 bits per heavy atom. The molecule has 1 aliphatic rings. The van der Waals surface area contributed by atoms with Crippen LogP contribution in [0.15, 0.2) is 42.5 Å². The van der Waals surface area contributed by atoms with E-state index in [0.717, 1.165) is 29.0 Å². The van der Waals surface area contributed by atoms with Crippen molar-refractivity contribution in [1.29, 1.82) is 0 Å². The maximum Gasteiger partial charge on any atom is 0.251 e. The molecule has 0 saturated carbocycles. The zero-order chi connectivity index (χ0) is 16.9. The summed E-state index contributed by atoms with van der Waals surface area (Å²) in [5.41, 5.74) is 2.90. The Morgan fingerprint density at radius 3 is 2.92 bits per heavy atom. The van der Waals surface area contributed by atoms with Crippen LogP contribution >= 0.6 is 0 Å². The molecule has 2 aromatic rings. The lowest BCUT2D eigenvalue weighted by atomic mass is 10.0. The molecule has 0 fully saturated rings. The maximum atomic E-state index is 11.7. The second-order valence-corrected chi connectivity index (χ2v) is 5.82. The summed E-state index contributed by atoms with van der Waals surface area (Å²) in [7, 11) is 3.29. The Balaban J connectivity index is 1.63. The molecule has 1 unspecified atom stereocenters. The van der Waals surface area contributed by atoms with Gasteiger partial charge in [-0.2, -0.15) is 0 Å². The van der Waals surface area contributed by atoms with Crippen molar-refractivity contribution in [3.8, 4) is 11.5 Å². The first-order valence-electron chi connectivity index (χ1n) is 8.04. The Hall–Kier alpha value is -2.53. The van der Waals surface area contributed by atoms with E-state index >= 15 is 0 Å². The van der Waals surface area contributed by atoms with E-state index in [2.05, 4.69) is 16.7 Å². The molecule has 1 amide bonds. The minimum absolute atomic E-state index is 0.0705. The first-order chi connectivity index (χ1) is 11.7. The Labute approximate surface area is 142 Å². The van der Waals surface area contributed by atoms with Crippen LogP contribution in [0.25, 0.3) is 0 Å². The number of ether oxygens (including phenoxy) is 2. The molecule has 126 valence electrons. The van der Waals surface area contributed by atoms with Gasteiger partial charge in [-0.25, -0.2) is 0 Å². The third kappa shape index (κ3) is 3.51. The van der Waals surface area contributed by atoms with E-state index in [1.54, 1.807) is 14.2 Å². The predicted octanol–water partition coefficient (Wildman–Crippen LogP) is 2.15. The van der Waals surface area contributed by atoms with Crippen LogP contribution in [0.2, 0.25) is 0 Å². The molecule has 3 rings (SSSR count). The molecule has 0 spiro atoms. The second kappa shape index (κ2) is 7.36. The van der Waals surface area contributed by atoms with E-state index in [1.165, 1.54) is 0 Å². The summed E-state index contributed by atoms with van der Waals surface area (Å²) in [4.78, 5) is 11.7. The molecule has 1 heterocycles. The van der Waals surface area contributed by atoms with E-state index in [4.69, 9.17) is 9.47 Å². The third-order valence-corrected chi connectivity index (χ3v) is 4.19. The van der Waals surface area contributed by atoms with Crippen LogP contribution in [-0.2, 0) is 13.0 Å². The van der Waals surface area contributed by atoms with Gasteiger partial charge in [0, 0.05) is 25.2 Å². The average Bonchev–Trinajstić information content (AvgIpc) is 2.65. The summed E-state index contributed by atoms with van der Waals surface area (Å²) in [6.45, 7) is 1.29. The number of benzene rings is 2. The summed E-state index contributed by atoms with van der Waals surface area (Å²) in [5, 5.41) is 6.15. The first kappa shape index (κ1) is 16.3. The van der Waals surface area contributed by atoms with Gasteiger partial charge in [0.2, 0.25) is 0 Å². The summed E-state index contributed by atoms with van der Waals surface area (Å²) in [6, 6.07) is 13.8. The van der Waals surface area contributed by atoms with Crippen molar-refractivity contribution in [1.82, 2.24) is 10.6 Å². The molecule has 0 aromatic heterocycles. The van der Waals surface area contributed by atoms with Gasteiger partial charge in [-0.3, -0.25) is 4.79 Å². The van der Waals surface area contributed by atoms with E-state index in [-0.39, 0.29) is 11.9 Å². The fourth-order valence-electron chi connectivity index (χ4n) is 2.92. The van der Waals surface area contributed by atoms with Crippen LogP contribution in [0, 0.1) is 0 Å². The van der Waals surface area contributed by atoms with E-state index < -0.39 is 0 Å². The number of rotatable bonds is 5. The molecular weight excluding hydrogens is 304 g/mol. The Kier molecular flexibility index (Phi) is 5.01. The lowest BCUT2D eigenvalue weighted by Crippen LogP contribution is -2.39. The number of nitrogens with one attached hydrogen (secondary N) is 2. The zero-order valence-corrected chi connectivity index (χ0v) is 14.0. The highest BCUT2D eigenvalue weighted by Gasteiger charge is 2.22. The highest BCUT2D eigenvalue weighted by Crippen LogP contribution is 2.34. The molecule has 2 aromatic carbocycles. The normalized spacial score (nSPS) is 16.0. The van der Waals surface area contributed by atoms with Crippen LogP contribution in [0.1, 0.15) is 21.5 Å². The van der Waals surface area contributed by atoms with E-state index in [9.17, 15) is 4.79 Å². The molecule has 5 nitrogen and oxygen atoms in total. The van der Waals surface area contributed by atoms with Crippen molar-refractivity contribution in [3.63, 3.8) is 0 Å². The van der Waals surface area contributed by atoms with Crippen molar-refractivity contribution in [3.05, 3.63) is 59.2 Å². The smallest absolute Gasteiger partial charge is 0.251 e. The van der Waals surface area contributed by atoms with Crippen LogP contribution in [-0.4, -0.2) is 32.7 Å². The predicted molar refractivity (Wildman–Crippen MR) is 92.7 cm³/mol. The van der Waals surface area contributed by atoms with Crippen LogP contribution in [0.4, 0.5) is 0 Å². The highest BCUT2D eigenvalue weighted by atomic mass is 16.5. The van der Waals surface area contributed by atoms with Gasteiger partial charge >= 0.3 is 0 Å². The van der Waals surface area contributed by atoms with E-state index in [1.807, 2.05) is 36.4 Å². The monoisotopic (exact) mass is 326 g/mol. The van der Waals surface area contributed by atoms with Gasteiger partial charge < -0.3 is 20.1 Å². The van der Waals surface area contributed by atoms with Crippen LogP contribution in [0.5, 0.6) is 11.5 Å². The average molecular weight is 326 g/mol. The lowest BCUT2D eigenvalue weighted by molar-refractivity contribution is 0.0963. The number of methoxy groups -OCH3 is 1. The molecular formula is C19H22N2O3. The topological polar surface area (TPSA) is 59.6 Å². The van der Waals surface area contributed by atoms with Gasteiger partial charge in [-0.05, 0) is 35.7 Å². The van der Waals surface area contributed by atoms with Gasteiger partial charge in [0.05, 0.1) is 7.11 Å². The minimum Gasteiger partial charge on any atom is -0.493 e. The standard InChI is InChI=1S/C19H22N2O3/c1-20-19(22)15-7-3-5-13(9-15)11-21-16-10-14-6-4-8-17(23-2)18(14)24-12-16/h3-9,16,21H,10-12H2,1-2H3,(H,20,22). The molecule has 24 heavy (non-hydrogen) atoms. The van der Waals surface area contributed by atoms with E-state index in [0.29, 0.717) is 18.7 Å². The van der Waals surface area contributed by atoms with Crippen LogP contribution < -0.4 is 20.1 Å². The van der Waals surface area contributed by atoms with Crippen molar-refractivity contribution in [2.45, 2.75) is 19.0 Å². The van der Waals surface area contributed by atoms with Gasteiger partial charge in [0.15, 0.2) is 11.5 Å². The maximum absolute atomic E-state index is 11.7. The van der Waals surface area contributed by atoms with Crippen molar-refractivity contribution in [2.75, 3.05) is 20.8 Å². The summed E-state index contributed by atoms with van der Waals surface area (Å²) < 4.78 is 11.2. The van der Waals surface area contributed by atoms with Crippen molar-refractivity contribution >= 4 is 5.91 Å². The fraction of sp³-hybridized carbons (Fsp3) is 0.316. The highest BCUT2D eigenvalue weighted by molar-refractivity contribution is 5.94. The first-order valence-corrected chi connectivity index (χ1v) is 8.04. The SMILES string of the molecule is CNC(=O)c1cccc(CNC2COc3c(cccc3OC)C2)c1. The summed E-state index contributed by atoms with van der Waals surface area (Å²) >= 11 is 0. The molecule has 0 bridgehead atoms. The number of amides is 1.